The summed E-state index contributed by atoms with van der Waals surface area (Å²) in [6, 6.07) is 12.9. The summed E-state index contributed by atoms with van der Waals surface area (Å²) in [6.07, 6.45) is 4.79. The van der Waals surface area contributed by atoms with Crippen molar-refractivity contribution < 1.29 is 18.7 Å². The van der Waals surface area contributed by atoms with Gasteiger partial charge in [0.05, 0.1) is 18.2 Å². The Morgan fingerprint density at radius 2 is 2.13 bits per heavy atom. The Bertz CT molecular complexity index is 1120. The van der Waals surface area contributed by atoms with Crippen LogP contribution < -0.4 is 9.64 Å². The molecule has 0 atom stereocenters. The molecule has 9 heteroatoms. The Labute approximate surface area is 178 Å². The number of carbonyl (C=O) groups excluding carboxylic acids is 2. The molecule has 0 fully saturated rings. The Kier molecular flexibility index (Phi) is 5.89. The van der Waals surface area contributed by atoms with Gasteiger partial charge in [-0.15, -0.1) is 0 Å². The normalized spacial score (nSPS) is 12.6. The number of para-hydroxylation sites is 2. The third-order valence-electron chi connectivity index (χ3n) is 4.75. The maximum atomic E-state index is 13.0. The van der Waals surface area contributed by atoms with Crippen molar-refractivity contribution in [2.24, 2.45) is 0 Å². The van der Waals surface area contributed by atoms with E-state index in [2.05, 4.69) is 16.0 Å². The van der Waals surface area contributed by atoms with Gasteiger partial charge in [-0.25, -0.2) is 4.98 Å². The number of hydrogen-bond donors (Lipinski definition) is 0. The van der Waals surface area contributed by atoms with Crippen molar-refractivity contribution in [1.82, 2.24) is 14.9 Å². The number of pyridine rings is 1. The Morgan fingerprint density at radius 3 is 2.94 bits per heavy atom. The van der Waals surface area contributed by atoms with Gasteiger partial charge in [0.1, 0.15) is 18.6 Å². The number of benzene rings is 1. The second-order valence-corrected chi connectivity index (χ2v) is 6.86. The Balaban J connectivity index is 1.51. The standard InChI is InChI=1S/C22H19N5O4/c23-8-4-10-26(12-16-5-3-9-24-11-16)22(29)17-14-31-20(25-17)13-27-18-6-1-2-7-19(18)30-15-21(27)28/h1-3,5-7,9,11,14H,4,10,12-13,15H2. The number of nitriles is 1. The van der Waals surface area contributed by atoms with Gasteiger partial charge in [-0.05, 0) is 23.8 Å². The van der Waals surface area contributed by atoms with E-state index in [4.69, 9.17) is 14.4 Å². The second kappa shape index (κ2) is 9.09. The highest BCUT2D eigenvalue weighted by atomic mass is 16.5. The third-order valence-corrected chi connectivity index (χ3v) is 4.75. The van der Waals surface area contributed by atoms with Crippen LogP contribution in [0.3, 0.4) is 0 Å². The van der Waals surface area contributed by atoms with Crippen LogP contribution >= 0.6 is 0 Å². The molecule has 4 rings (SSSR count). The van der Waals surface area contributed by atoms with Crippen LogP contribution in [0.4, 0.5) is 5.69 Å². The van der Waals surface area contributed by atoms with E-state index in [1.54, 1.807) is 30.6 Å². The minimum absolute atomic E-state index is 0.0729. The highest BCUT2D eigenvalue weighted by molar-refractivity contribution is 5.97. The highest BCUT2D eigenvalue weighted by Gasteiger charge is 2.27. The lowest BCUT2D eigenvalue weighted by Crippen LogP contribution is -2.38. The average molecular weight is 417 g/mol. The quantitative estimate of drug-likeness (QED) is 0.580. The molecule has 0 radical (unpaired) electrons. The van der Waals surface area contributed by atoms with Crippen LogP contribution in [0.15, 0.2) is 59.5 Å². The van der Waals surface area contributed by atoms with Crippen molar-refractivity contribution in [3.05, 3.63) is 72.2 Å². The zero-order valence-electron chi connectivity index (χ0n) is 16.6. The van der Waals surface area contributed by atoms with Crippen LogP contribution in [0.25, 0.3) is 0 Å². The SMILES string of the molecule is N#CCCN(Cc1cccnc1)C(=O)c1coc(CN2C(=O)COc3ccccc32)n1. The van der Waals surface area contributed by atoms with Crippen molar-refractivity contribution in [3.8, 4) is 11.8 Å². The zero-order chi connectivity index (χ0) is 21.6. The van der Waals surface area contributed by atoms with E-state index in [-0.39, 0.29) is 49.5 Å². The van der Waals surface area contributed by atoms with Gasteiger partial charge in [0.15, 0.2) is 12.3 Å². The Hall–Kier alpha value is -4.19. The van der Waals surface area contributed by atoms with Gasteiger partial charge in [-0.3, -0.25) is 19.5 Å². The summed E-state index contributed by atoms with van der Waals surface area (Å²) in [4.78, 5) is 36.7. The van der Waals surface area contributed by atoms with Gasteiger partial charge < -0.3 is 14.1 Å². The van der Waals surface area contributed by atoms with Crippen LogP contribution in [0, 0.1) is 11.3 Å². The fourth-order valence-electron chi connectivity index (χ4n) is 3.26. The van der Waals surface area contributed by atoms with Crippen molar-refractivity contribution >= 4 is 17.5 Å². The molecule has 0 aliphatic carbocycles. The number of carbonyl (C=O) groups is 2. The number of aromatic nitrogens is 2. The molecule has 9 nitrogen and oxygen atoms in total. The fourth-order valence-corrected chi connectivity index (χ4v) is 3.26. The molecule has 0 N–H and O–H groups in total. The highest BCUT2D eigenvalue weighted by Crippen LogP contribution is 2.32. The molecule has 3 aromatic rings. The van der Waals surface area contributed by atoms with Crippen LogP contribution in [0.2, 0.25) is 0 Å². The molecule has 1 aromatic carbocycles. The molecule has 0 saturated heterocycles. The van der Waals surface area contributed by atoms with Gasteiger partial charge in [-0.1, -0.05) is 18.2 Å². The van der Waals surface area contributed by atoms with Gasteiger partial charge in [0, 0.05) is 25.5 Å². The molecule has 156 valence electrons. The summed E-state index contributed by atoms with van der Waals surface area (Å²) < 4.78 is 10.9. The summed E-state index contributed by atoms with van der Waals surface area (Å²) >= 11 is 0. The fraction of sp³-hybridized carbons (Fsp3) is 0.227. The Morgan fingerprint density at radius 1 is 1.26 bits per heavy atom. The average Bonchev–Trinajstić information content (AvgIpc) is 3.27. The molecule has 31 heavy (non-hydrogen) atoms. The number of rotatable bonds is 7. The smallest absolute Gasteiger partial charge is 0.276 e. The lowest BCUT2D eigenvalue weighted by atomic mass is 10.2. The van der Waals surface area contributed by atoms with E-state index < -0.39 is 0 Å². The van der Waals surface area contributed by atoms with Crippen LogP contribution in [-0.4, -0.2) is 39.8 Å². The zero-order valence-corrected chi connectivity index (χ0v) is 16.6. The first-order chi connectivity index (χ1) is 15.2. The molecular weight excluding hydrogens is 398 g/mol. The van der Waals surface area contributed by atoms with Crippen LogP contribution in [0.5, 0.6) is 5.75 Å². The maximum absolute atomic E-state index is 13.0. The molecule has 0 bridgehead atoms. The van der Waals surface area contributed by atoms with Gasteiger partial charge in [0.2, 0.25) is 5.89 Å². The van der Waals surface area contributed by atoms with Crippen molar-refractivity contribution in [2.75, 3.05) is 18.1 Å². The summed E-state index contributed by atoms with van der Waals surface area (Å²) in [5, 5.41) is 8.94. The predicted octanol–water partition coefficient (Wildman–Crippen LogP) is 2.55. The monoisotopic (exact) mass is 417 g/mol. The molecular formula is C22H19N5O4. The van der Waals surface area contributed by atoms with Crippen molar-refractivity contribution in [3.63, 3.8) is 0 Å². The first-order valence-corrected chi connectivity index (χ1v) is 9.67. The number of nitrogens with zero attached hydrogens (tertiary/aromatic N) is 5. The number of hydrogen-bond acceptors (Lipinski definition) is 7. The molecule has 1 aliphatic heterocycles. The minimum atomic E-state index is -0.359. The molecule has 2 aromatic heterocycles. The van der Waals surface area contributed by atoms with Crippen LogP contribution in [-0.2, 0) is 17.9 Å². The van der Waals surface area contributed by atoms with Gasteiger partial charge in [0.25, 0.3) is 11.8 Å². The van der Waals surface area contributed by atoms with Crippen molar-refractivity contribution in [1.29, 1.82) is 5.26 Å². The summed E-state index contributed by atoms with van der Waals surface area (Å²) in [5.74, 6) is 0.249. The van der Waals surface area contributed by atoms with E-state index in [1.807, 2.05) is 18.2 Å². The number of amides is 2. The van der Waals surface area contributed by atoms with Gasteiger partial charge in [-0.2, -0.15) is 5.26 Å². The van der Waals surface area contributed by atoms with E-state index in [0.717, 1.165) is 5.56 Å². The number of ether oxygens (including phenoxy) is 1. The van der Waals surface area contributed by atoms with Crippen LogP contribution in [0.1, 0.15) is 28.4 Å². The molecule has 0 spiro atoms. The predicted molar refractivity (Wildman–Crippen MR) is 109 cm³/mol. The van der Waals surface area contributed by atoms with E-state index >= 15 is 0 Å². The van der Waals surface area contributed by atoms with Gasteiger partial charge >= 0.3 is 0 Å². The molecule has 0 saturated carbocycles. The lowest BCUT2D eigenvalue weighted by Gasteiger charge is -2.28. The third kappa shape index (κ3) is 4.53. The lowest BCUT2D eigenvalue weighted by molar-refractivity contribution is -0.121. The second-order valence-electron chi connectivity index (χ2n) is 6.86. The van der Waals surface area contributed by atoms with E-state index in [9.17, 15) is 9.59 Å². The molecule has 1 aliphatic rings. The first kappa shape index (κ1) is 20.1. The summed E-state index contributed by atoms with van der Waals surface area (Å²) in [6.45, 7) is 0.553. The maximum Gasteiger partial charge on any atom is 0.276 e. The van der Waals surface area contributed by atoms with E-state index in [0.29, 0.717) is 18.0 Å². The molecule has 0 unspecified atom stereocenters. The molecule has 3 heterocycles. The molecule has 2 amide bonds. The van der Waals surface area contributed by atoms with Crippen molar-refractivity contribution in [2.45, 2.75) is 19.5 Å². The van der Waals surface area contributed by atoms with E-state index in [1.165, 1.54) is 16.1 Å². The topological polar surface area (TPSA) is 113 Å². The number of anilines is 1. The number of oxazole rings is 1. The first-order valence-electron chi connectivity index (χ1n) is 9.67. The number of fused-ring (bicyclic) bond motifs is 1. The summed E-state index contributed by atoms with van der Waals surface area (Å²) in [5.41, 5.74) is 1.58. The summed E-state index contributed by atoms with van der Waals surface area (Å²) in [7, 11) is 0. The minimum Gasteiger partial charge on any atom is -0.482 e. The largest absolute Gasteiger partial charge is 0.482 e.